The number of allylic oxidation sites excluding steroid dienone is 2. The summed E-state index contributed by atoms with van der Waals surface area (Å²) in [7, 11) is 0. The number of anilines is 1. The van der Waals surface area contributed by atoms with Crippen LogP contribution in [0.4, 0.5) is 11.4 Å². The lowest BCUT2D eigenvalue weighted by Crippen LogP contribution is -2.23. The molecule has 0 saturated carbocycles. The number of aliphatic imine (C=N–C) groups is 2. The molecule has 2 aromatic carbocycles. The summed E-state index contributed by atoms with van der Waals surface area (Å²) in [4.78, 5) is 12.1. The van der Waals surface area contributed by atoms with E-state index in [1.165, 1.54) is 28.0 Å². The first kappa shape index (κ1) is 16.8. The summed E-state index contributed by atoms with van der Waals surface area (Å²) < 4.78 is 0. The Labute approximate surface area is 155 Å². The van der Waals surface area contributed by atoms with Gasteiger partial charge >= 0.3 is 0 Å². The highest BCUT2D eigenvalue weighted by molar-refractivity contribution is 6.29. The van der Waals surface area contributed by atoms with Gasteiger partial charge in [-0.05, 0) is 56.2 Å². The van der Waals surface area contributed by atoms with Gasteiger partial charge in [0.15, 0.2) is 0 Å². The summed E-state index contributed by atoms with van der Waals surface area (Å²) in [5.41, 5.74) is 9.56. The lowest BCUT2D eigenvalue weighted by molar-refractivity contribution is 0.865. The molecule has 1 aliphatic carbocycles. The predicted octanol–water partition coefficient (Wildman–Crippen LogP) is 4.96. The van der Waals surface area contributed by atoms with Gasteiger partial charge in [0, 0.05) is 42.9 Å². The van der Waals surface area contributed by atoms with Gasteiger partial charge in [-0.3, -0.25) is 4.99 Å². The van der Waals surface area contributed by atoms with E-state index in [4.69, 9.17) is 9.98 Å². The summed E-state index contributed by atoms with van der Waals surface area (Å²) in [5.74, 6) is 0. The number of benzene rings is 2. The van der Waals surface area contributed by atoms with Gasteiger partial charge in [-0.1, -0.05) is 24.3 Å². The van der Waals surface area contributed by atoms with Crippen LogP contribution in [0.25, 0.3) is 0 Å². The lowest BCUT2D eigenvalue weighted by atomic mass is 9.83. The Morgan fingerprint density at radius 3 is 2.50 bits per heavy atom. The van der Waals surface area contributed by atoms with Gasteiger partial charge in [-0.15, -0.1) is 0 Å². The lowest BCUT2D eigenvalue weighted by Gasteiger charge is -2.27. The fraction of sp³-hybridized carbons (Fsp3) is 0.304. The first-order chi connectivity index (χ1) is 12.7. The molecule has 0 atom stereocenters. The molecule has 0 saturated heterocycles. The maximum Gasteiger partial charge on any atom is 0.0752 e. The van der Waals surface area contributed by atoms with E-state index in [9.17, 15) is 0 Å². The van der Waals surface area contributed by atoms with Crippen LogP contribution in [-0.4, -0.2) is 31.1 Å². The van der Waals surface area contributed by atoms with Gasteiger partial charge in [0.25, 0.3) is 0 Å². The van der Waals surface area contributed by atoms with Crippen LogP contribution < -0.4 is 4.90 Å². The van der Waals surface area contributed by atoms with E-state index in [2.05, 4.69) is 74.2 Å². The zero-order valence-electron chi connectivity index (χ0n) is 15.8. The average molecular weight is 343 g/mol. The normalized spacial score (nSPS) is 16.3. The predicted molar refractivity (Wildman–Crippen MR) is 112 cm³/mol. The minimum atomic E-state index is 0.794. The second-order valence-corrected chi connectivity index (χ2v) is 6.70. The van der Waals surface area contributed by atoms with Crippen molar-refractivity contribution < 1.29 is 0 Å². The van der Waals surface area contributed by atoms with Gasteiger partial charge in [-0.25, -0.2) is 4.99 Å². The number of hydrogen-bond acceptors (Lipinski definition) is 3. The molecule has 0 bridgehead atoms. The van der Waals surface area contributed by atoms with E-state index in [0.717, 1.165) is 43.2 Å². The van der Waals surface area contributed by atoms with Gasteiger partial charge in [0.1, 0.15) is 0 Å². The molecule has 3 nitrogen and oxygen atoms in total. The monoisotopic (exact) mass is 343 g/mol. The molecule has 0 amide bonds. The van der Waals surface area contributed by atoms with Gasteiger partial charge in [-0.2, -0.15) is 0 Å². The minimum Gasteiger partial charge on any atom is -0.372 e. The second-order valence-electron chi connectivity index (χ2n) is 6.70. The second kappa shape index (κ2) is 6.91. The molecular weight excluding hydrogens is 318 g/mol. The molecule has 2 aliphatic rings. The molecule has 26 heavy (non-hydrogen) atoms. The van der Waals surface area contributed by atoms with Crippen molar-refractivity contribution in [3.8, 4) is 0 Å². The summed E-state index contributed by atoms with van der Waals surface area (Å²) in [6, 6.07) is 15.2. The van der Waals surface area contributed by atoms with Gasteiger partial charge in [0.2, 0.25) is 0 Å². The molecule has 0 radical (unpaired) electrons. The van der Waals surface area contributed by atoms with Crippen molar-refractivity contribution >= 4 is 22.8 Å². The average Bonchev–Trinajstić information content (AvgIpc) is 2.68. The van der Waals surface area contributed by atoms with E-state index in [1.807, 2.05) is 0 Å². The van der Waals surface area contributed by atoms with Crippen LogP contribution in [0.3, 0.4) is 0 Å². The van der Waals surface area contributed by atoms with E-state index in [-0.39, 0.29) is 0 Å². The van der Waals surface area contributed by atoms with Gasteiger partial charge in [0.05, 0.1) is 17.1 Å². The first-order valence-electron chi connectivity index (χ1n) is 9.56. The van der Waals surface area contributed by atoms with Crippen molar-refractivity contribution in [3.63, 3.8) is 0 Å². The van der Waals surface area contributed by atoms with Crippen molar-refractivity contribution in [1.29, 1.82) is 0 Å². The van der Waals surface area contributed by atoms with Crippen LogP contribution in [0.1, 0.15) is 37.5 Å². The molecular formula is C23H25N3. The molecule has 132 valence electrons. The van der Waals surface area contributed by atoms with E-state index in [1.54, 1.807) is 0 Å². The van der Waals surface area contributed by atoms with Crippen molar-refractivity contribution in [2.24, 2.45) is 9.98 Å². The first-order valence-corrected chi connectivity index (χ1v) is 9.56. The Morgan fingerprint density at radius 1 is 1.00 bits per heavy atom. The molecule has 0 fully saturated rings. The summed E-state index contributed by atoms with van der Waals surface area (Å²) in [6.45, 7) is 9.33. The third-order valence-electron chi connectivity index (χ3n) is 5.21. The molecule has 0 spiro atoms. The maximum absolute atomic E-state index is 5.03. The highest BCUT2D eigenvalue weighted by Crippen LogP contribution is 2.36. The summed E-state index contributed by atoms with van der Waals surface area (Å²) >= 11 is 0. The van der Waals surface area contributed by atoms with Crippen molar-refractivity contribution in [2.45, 2.75) is 27.2 Å². The van der Waals surface area contributed by atoms with Crippen molar-refractivity contribution in [1.82, 2.24) is 0 Å². The van der Waals surface area contributed by atoms with Gasteiger partial charge < -0.3 is 4.90 Å². The SMILES string of the molecule is CC/N=C1/C=C2Cc3cc(N(CC)CC)ccc3N=C2c2ccccc21. The molecule has 1 aliphatic heterocycles. The van der Waals surface area contributed by atoms with E-state index < -0.39 is 0 Å². The molecule has 1 heterocycles. The molecule has 0 aromatic heterocycles. The Bertz CT molecular complexity index is 930. The Hall–Kier alpha value is -2.68. The van der Waals surface area contributed by atoms with Crippen LogP contribution in [0.5, 0.6) is 0 Å². The van der Waals surface area contributed by atoms with E-state index >= 15 is 0 Å². The zero-order chi connectivity index (χ0) is 18.1. The smallest absolute Gasteiger partial charge is 0.0752 e. The zero-order valence-corrected chi connectivity index (χ0v) is 15.8. The molecule has 2 aromatic rings. The van der Waals surface area contributed by atoms with Crippen molar-refractivity contribution in [3.05, 3.63) is 70.8 Å². The van der Waals surface area contributed by atoms with Crippen LogP contribution in [0, 0.1) is 0 Å². The molecule has 4 rings (SSSR count). The van der Waals surface area contributed by atoms with Crippen LogP contribution >= 0.6 is 0 Å². The number of rotatable bonds is 4. The summed E-state index contributed by atoms with van der Waals surface area (Å²) in [5, 5.41) is 0. The quantitative estimate of drug-likeness (QED) is 0.771. The number of hydrogen-bond donors (Lipinski definition) is 0. The Kier molecular flexibility index (Phi) is 4.46. The van der Waals surface area contributed by atoms with Crippen LogP contribution in [0.15, 0.2) is 64.1 Å². The highest BCUT2D eigenvalue weighted by Gasteiger charge is 2.26. The molecule has 3 heteroatoms. The molecule has 0 N–H and O–H groups in total. The van der Waals surface area contributed by atoms with Crippen LogP contribution in [0.2, 0.25) is 0 Å². The maximum atomic E-state index is 5.03. The number of fused-ring (bicyclic) bond motifs is 4. The standard InChI is InChI=1S/C23H25N3/c1-4-24-22-15-17-13-16-14-18(26(5-2)6-3)11-12-21(16)25-23(17)20-10-8-7-9-19(20)22/h7-12,14-15H,4-6,13H2,1-3H3/b24-22-. The third kappa shape index (κ3) is 2.78. The van der Waals surface area contributed by atoms with Crippen molar-refractivity contribution in [2.75, 3.05) is 24.5 Å². The summed E-state index contributed by atoms with van der Waals surface area (Å²) in [6.07, 6.45) is 3.15. The fourth-order valence-corrected chi connectivity index (χ4v) is 3.90. The Balaban J connectivity index is 1.83. The van der Waals surface area contributed by atoms with Crippen LogP contribution in [-0.2, 0) is 6.42 Å². The topological polar surface area (TPSA) is 28.0 Å². The van der Waals surface area contributed by atoms with E-state index in [0.29, 0.717) is 0 Å². The third-order valence-corrected chi connectivity index (χ3v) is 5.21. The molecule has 0 unspecified atom stereocenters. The fourth-order valence-electron chi connectivity index (χ4n) is 3.90. The number of nitrogens with zero attached hydrogens (tertiary/aromatic N) is 3. The Morgan fingerprint density at radius 2 is 1.77 bits per heavy atom. The highest BCUT2D eigenvalue weighted by atomic mass is 15.1. The minimum absolute atomic E-state index is 0.794. The largest absolute Gasteiger partial charge is 0.372 e.